The third kappa shape index (κ3) is 8.68. The number of amides is 1. The Labute approximate surface area is 103 Å². The van der Waals surface area contributed by atoms with Gasteiger partial charge >= 0.3 is 5.97 Å². The van der Waals surface area contributed by atoms with Crippen LogP contribution >= 0.6 is 0 Å². The average molecular weight is 245 g/mol. The Bertz CT molecular complexity index is 258. The fourth-order valence-electron chi connectivity index (χ4n) is 1.14. The highest BCUT2D eigenvalue weighted by Gasteiger charge is 2.22. The molecule has 0 unspecified atom stereocenters. The van der Waals surface area contributed by atoms with Crippen LogP contribution in [0.1, 0.15) is 40.5 Å². The molecule has 100 valence electrons. The molecule has 0 heterocycles. The van der Waals surface area contributed by atoms with Crippen molar-refractivity contribution in [1.29, 1.82) is 0 Å². The minimum absolute atomic E-state index is 0.166. The fraction of sp³-hybridized carbons (Fsp3) is 0.833. The quantitative estimate of drug-likeness (QED) is 0.565. The molecule has 0 aromatic carbocycles. The maximum absolute atomic E-state index is 11.6. The summed E-state index contributed by atoms with van der Waals surface area (Å²) in [5, 5.41) is 2.59. The number of carbonyl (C=O) groups is 2. The monoisotopic (exact) mass is 245 g/mol. The summed E-state index contributed by atoms with van der Waals surface area (Å²) < 4.78 is 9.99. The van der Waals surface area contributed by atoms with Gasteiger partial charge in [0.05, 0.1) is 0 Å². The van der Waals surface area contributed by atoms with Gasteiger partial charge < -0.3 is 14.8 Å². The molecule has 0 saturated carbocycles. The molecule has 0 saturated heterocycles. The molecular formula is C12H23NO4. The van der Waals surface area contributed by atoms with Gasteiger partial charge in [-0.25, -0.2) is 4.79 Å². The van der Waals surface area contributed by atoms with E-state index in [9.17, 15) is 9.59 Å². The summed E-state index contributed by atoms with van der Waals surface area (Å²) >= 11 is 0. The van der Waals surface area contributed by atoms with E-state index >= 15 is 0 Å². The number of rotatable bonds is 6. The summed E-state index contributed by atoms with van der Waals surface area (Å²) in [5.74, 6) is -0.585. The van der Waals surface area contributed by atoms with Crippen molar-refractivity contribution in [2.45, 2.75) is 52.2 Å². The number of hydrogen-bond acceptors (Lipinski definition) is 4. The minimum Gasteiger partial charge on any atom is -0.458 e. The zero-order chi connectivity index (χ0) is 13.5. The molecule has 0 spiro atoms. The highest BCUT2D eigenvalue weighted by atomic mass is 16.6. The lowest BCUT2D eigenvalue weighted by Gasteiger charge is -2.22. The molecule has 1 amide bonds. The van der Waals surface area contributed by atoms with Crippen LogP contribution in [0.4, 0.5) is 0 Å². The van der Waals surface area contributed by atoms with E-state index in [4.69, 9.17) is 9.47 Å². The Hall–Kier alpha value is -1.10. The van der Waals surface area contributed by atoms with E-state index in [2.05, 4.69) is 5.32 Å². The van der Waals surface area contributed by atoms with E-state index in [1.165, 1.54) is 0 Å². The molecule has 1 N–H and O–H groups in total. The van der Waals surface area contributed by atoms with Gasteiger partial charge in [-0.3, -0.25) is 4.79 Å². The summed E-state index contributed by atoms with van der Waals surface area (Å²) in [6, 6.07) is -0.621. The molecule has 0 aromatic heterocycles. The number of esters is 1. The molecule has 0 fully saturated rings. The Morgan fingerprint density at radius 1 is 1.29 bits per heavy atom. The molecule has 0 aliphatic heterocycles. The Balaban J connectivity index is 3.95. The zero-order valence-electron chi connectivity index (χ0n) is 11.3. The van der Waals surface area contributed by atoms with E-state index in [1.54, 1.807) is 34.8 Å². The third-order valence-corrected chi connectivity index (χ3v) is 1.89. The normalized spacial score (nSPS) is 13.0. The molecular weight excluding hydrogens is 222 g/mol. The lowest BCUT2D eigenvalue weighted by Crippen LogP contribution is -2.42. The first-order valence-electron chi connectivity index (χ1n) is 5.77. The number of carbonyl (C=O) groups excluding carboxylic acids is 2. The van der Waals surface area contributed by atoms with Crippen molar-refractivity contribution in [2.75, 3.05) is 13.7 Å². The molecule has 0 bridgehead atoms. The van der Waals surface area contributed by atoms with E-state index in [0.717, 1.165) is 0 Å². The van der Waals surface area contributed by atoms with Gasteiger partial charge in [0.1, 0.15) is 11.6 Å². The predicted octanol–water partition coefficient (Wildman–Crippen LogP) is 1.26. The topological polar surface area (TPSA) is 64.6 Å². The summed E-state index contributed by atoms with van der Waals surface area (Å²) in [5.41, 5.74) is -0.536. The first kappa shape index (κ1) is 15.9. The molecule has 5 heteroatoms. The first-order chi connectivity index (χ1) is 7.76. The van der Waals surface area contributed by atoms with E-state index in [-0.39, 0.29) is 5.91 Å². The van der Waals surface area contributed by atoms with Crippen LogP contribution < -0.4 is 5.32 Å². The second-order valence-electron chi connectivity index (χ2n) is 4.92. The Kier molecular flexibility index (Phi) is 6.80. The summed E-state index contributed by atoms with van der Waals surface area (Å²) in [7, 11) is 1.58. The molecule has 0 rings (SSSR count). The zero-order valence-corrected chi connectivity index (χ0v) is 11.3. The maximum atomic E-state index is 11.6. The standard InChI is InChI=1S/C12H23NO4/c1-9(11(15)17-12(2,3)4)13-10(14)7-6-8-16-5/h9H,6-8H2,1-5H3,(H,13,14)/t9-/m0/s1. The number of hydrogen-bond donors (Lipinski definition) is 1. The van der Waals surface area contributed by atoms with Crippen LogP contribution in [0.15, 0.2) is 0 Å². The van der Waals surface area contributed by atoms with E-state index < -0.39 is 17.6 Å². The molecule has 17 heavy (non-hydrogen) atoms. The number of nitrogens with one attached hydrogen (secondary N) is 1. The smallest absolute Gasteiger partial charge is 0.328 e. The van der Waals surface area contributed by atoms with Gasteiger partial charge in [0, 0.05) is 20.1 Å². The van der Waals surface area contributed by atoms with Gasteiger partial charge in [-0.15, -0.1) is 0 Å². The molecule has 0 aromatic rings. The Morgan fingerprint density at radius 3 is 2.35 bits per heavy atom. The van der Waals surface area contributed by atoms with Gasteiger partial charge in [0.15, 0.2) is 0 Å². The van der Waals surface area contributed by atoms with Crippen LogP contribution in [0.5, 0.6) is 0 Å². The molecule has 0 aliphatic carbocycles. The number of methoxy groups -OCH3 is 1. The van der Waals surface area contributed by atoms with Crippen molar-refractivity contribution in [3.05, 3.63) is 0 Å². The van der Waals surface area contributed by atoms with Gasteiger partial charge in [-0.1, -0.05) is 0 Å². The van der Waals surface area contributed by atoms with Gasteiger partial charge in [0.25, 0.3) is 0 Å². The third-order valence-electron chi connectivity index (χ3n) is 1.89. The molecule has 0 aliphatic rings. The van der Waals surface area contributed by atoms with Crippen LogP contribution in [0.2, 0.25) is 0 Å². The summed E-state index contributed by atoms with van der Waals surface area (Å²) in [6.45, 7) is 7.52. The van der Waals surface area contributed by atoms with Crippen LogP contribution in [0, 0.1) is 0 Å². The van der Waals surface area contributed by atoms with Crippen molar-refractivity contribution < 1.29 is 19.1 Å². The lowest BCUT2D eigenvalue weighted by molar-refractivity contribution is -0.158. The summed E-state index contributed by atoms with van der Waals surface area (Å²) in [4.78, 5) is 23.0. The molecule has 1 atom stereocenters. The second kappa shape index (κ2) is 7.27. The first-order valence-corrected chi connectivity index (χ1v) is 5.77. The lowest BCUT2D eigenvalue weighted by atomic mass is 10.2. The van der Waals surface area contributed by atoms with Crippen molar-refractivity contribution in [3.8, 4) is 0 Å². The maximum Gasteiger partial charge on any atom is 0.328 e. The van der Waals surface area contributed by atoms with Crippen LogP contribution in [0.3, 0.4) is 0 Å². The largest absolute Gasteiger partial charge is 0.458 e. The van der Waals surface area contributed by atoms with Gasteiger partial charge in [0.2, 0.25) is 5.91 Å². The van der Waals surface area contributed by atoms with E-state index in [1.807, 2.05) is 0 Å². The van der Waals surface area contributed by atoms with Crippen molar-refractivity contribution in [3.63, 3.8) is 0 Å². The highest BCUT2D eigenvalue weighted by molar-refractivity contribution is 5.84. The SMILES string of the molecule is COCCCC(=O)N[C@@H](C)C(=O)OC(C)(C)C. The van der Waals surface area contributed by atoms with Crippen LogP contribution in [0.25, 0.3) is 0 Å². The van der Waals surface area contributed by atoms with Crippen molar-refractivity contribution >= 4 is 11.9 Å². The van der Waals surface area contributed by atoms with Crippen LogP contribution in [-0.4, -0.2) is 37.2 Å². The fourth-order valence-corrected chi connectivity index (χ4v) is 1.14. The predicted molar refractivity (Wildman–Crippen MR) is 64.6 cm³/mol. The van der Waals surface area contributed by atoms with Gasteiger partial charge in [-0.05, 0) is 34.1 Å². The summed E-state index contributed by atoms with van der Waals surface area (Å²) in [6.07, 6.45) is 0.990. The van der Waals surface area contributed by atoms with Crippen LogP contribution in [-0.2, 0) is 19.1 Å². The minimum atomic E-state index is -0.621. The van der Waals surface area contributed by atoms with Crippen molar-refractivity contribution in [1.82, 2.24) is 5.32 Å². The van der Waals surface area contributed by atoms with E-state index in [0.29, 0.717) is 19.4 Å². The average Bonchev–Trinajstić information content (AvgIpc) is 2.15. The number of ether oxygens (including phenoxy) is 2. The Morgan fingerprint density at radius 2 is 1.88 bits per heavy atom. The molecule has 0 radical (unpaired) electrons. The highest BCUT2D eigenvalue weighted by Crippen LogP contribution is 2.08. The van der Waals surface area contributed by atoms with Crippen molar-refractivity contribution in [2.24, 2.45) is 0 Å². The second-order valence-corrected chi connectivity index (χ2v) is 4.92. The molecule has 5 nitrogen and oxygen atoms in total. The van der Waals surface area contributed by atoms with Gasteiger partial charge in [-0.2, -0.15) is 0 Å².